The lowest BCUT2D eigenvalue weighted by molar-refractivity contribution is -0.133. The fourth-order valence-corrected chi connectivity index (χ4v) is 6.04. The van der Waals surface area contributed by atoms with Crippen molar-refractivity contribution < 1.29 is 17.9 Å². The van der Waals surface area contributed by atoms with Crippen molar-refractivity contribution in [2.24, 2.45) is 0 Å². The van der Waals surface area contributed by atoms with Crippen LogP contribution in [-0.2, 0) is 21.2 Å². The van der Waals surface area contributed by atoms with Crippen LogP contribution in [0.1, 0.15) is 22.3 Å². The van der Waals surface area contributed by atoms with E-state index in [1.807, 2.05) is 30.3 Å². The van der Waals surface area contributed by atoms with Gasteiger partial charge in [-0.1, -0.05) is 42.5 Å². The molecule has 0 aliphatic carbocycles. The Morgan fingerprint density at radius 1 is 0.919 bits per heavy atom. The molecule has 3 aromatic rings. The molecule has 0 bridgehead atoms. The highest BCUT2D eigenvalue weighted by atomic mass is 32.2. The summed E-state index contributed by atoms with van der Waals surface area (Å²) in [7, 11) is -2.39. The molecule has 1 unspecified atom stereocenters. The van der Waals surface area contributed by atoms with E-state index in [-0.39, 0.29) is 17.2 Å². The zero-order valence-corrected chi connectivity index (χ0v) is 22.7. The van der Waals surface area contributed by atoms with Crippen LogP contribution in [0.5, 0.6) is 5.75 Å². The second-order valence-corrected chi connectivity index (χ2v) is 11.2. The minimum absolute atomic E-state index is 0.108. The van der Waals surface area contributed by atoms with Gasteiger partial charge in [0.15, 0.2) is 0 Å². The molecule has 1 N–H and O–H groups in total. The van der Waals surface area contributed by atoms with Crippen LogP contribution in [0.15, 0.2) is 71.6 Å². The van der Waals surface area contributed by atoms with E-state index in [0.717, 1.165) is 5.56 Å². The maximum atomic E-state index is 13.7. The van der Waals surface area contributed by atoms with E-state index in [9.17, 15) is 13.2 Å². The normalized spacial score (nSPS) is 14.9. The van der Waals surface area contributed by atoms with Crippen molar-refractivity contribution in [2.45, 2.75) is 38.1 Å². The third kappa shape index (κ3) is 6.14. The third-order valence-electron chi connectivity index (χ3n) is 7.06. The predicted octanol–water partition coefficient (Wildman–Crippen LogP) is 3.86. The summed E-state index contributed by atoms with van der Waals surface area (Å²) in [5.41, 5.74) is 5.26. The molecule has 0 spiro atoms. The molecule has 0 saturated carbocycles. The largest absolute Gasteiger partial charge is 0.496 e. The summed E-state index contributed by atoms with van der Waals surface area (Å²) in [5.74, 6) is 0.399. The zero-order valence-electron chi connectivity index (χ0n) is 21.9. The number of nitrogens with one attached hydrogen (secondary N) is 1. The second kappa shape index (κ2) is 11.4. The quantitative estimate of drug-likeness (QED) is 0.487. The number of amides is 1. The summed E-state index contributed by atoms with van der Waals surface area (Å²) in [6.07, 6.45) is 0.269. The molecular formula is C29H35N3O4S. The molecule has 8 heteroatoms. The number of hydrogen-bond donors (Lipinski definition) is 1. The molecule has 37 heavy (non-hydrogen) atoms. The van der Waals surface area contributed by atoms with Crippen LogP contribution in [0.25, 0.3) is 0 Å². The molecule has 3 aromatic carbocycles. The molecule has 0 radical (unpaired) electrons. The van der Waals surface area contributed by atoms with E-state index in [0.29, 0.717) is 37.5 Å². The van der Waals surface area contributed by atoms with Crippen molar-refractivity contribution in [3.63, 3.8) is 0 Å². The molecule has 1 saturated heterocycles. The van der Waals surface area contributed by atoms with Crippen molar-refractivity contribution in [3.05, 3.63) is 89.0 Å². The standard InChI is InChI=1S/C29H35N3O4S/c1-21-9-8-12-27(23(21)3)31-15-17-32(18-16-31)29(33)26(20-24-10-6-5-7-11-24)30-37(34,35)25-13-14-28(36-4)22(2)19-25/h5-14,19,26,30H,15-18,20H2,1-4H3. The number of carbonyl (C=O) groups excluding carboxylic acids is 1. The Morgan fingerprint density at radius 3 is 2.27 bits per heavy atom. The number of sulfonamides is 1. The third-order valence-corrected chi connectivity index (χ3v) is 8.53. The first-order valence-electron chi connectivity index (χ1n) is 12.5. The number of nitrogens with zero attached hydrogens (tertiary/aromatic N) is 2. The smallest absolute Gasteiger partial charge is 0.241 e. The summed E-state index contributed by atoms with van der Waals surface area (Å²) in [6.45, 7) is 8.45. The average Bonchev–Trinajstić information content (AvgIpc) is 2.90. The van der Waals surface area contributed by atoms with Crippen molar-refractivity contribution in [1.29, 1.82) is 0 Å². The first-order chi connectivity index (χ1) is 17.7. The van der Waals surface area contributed by atoms with Crippen LogP contribution in [0.4, 0.5) is 5.69 Å². The van der Waals surface area contributed by atoms with Crippen molar-refractivity contribution in [2.75, 3.05) is 38.2 Å². The number of piperazine rings is 1. The van der Waals surface area contributed by atoms with Gasteiger partial charge in [0.25, 0.3) is 0 Å². The number of hydrogen-bond acceptors (Lipinski definition) is 5. The van der Waals surface area contributed by atoms with Gasteiger partial charge in [0.1, 0.15) is 11.8 Å². The Hall–Kier alpha value is -3.36. The fraction of sp³-hybridized carbons (Fsp3) is 0.345. The van der Waals surface area contributed by atoms with Crippen LogP contribution in [0.2, 0.25) is 0 Å². The van der Waals surface area contributed by atoms with E-state index in [1.165, 1.54) is 22.9 Å². The molecule has 196 valence electrons. The van der Waals surface area contributed by atoms with Crippen LogP contribution in [0.3, 0.4) is 0 Å². The van der Waals surface area contributed by atoms with Crippen LogP contribution >= 0.6 is 0 Å². The molecule has 0 aromatic heterocycles. The van der Waals surface area contributed by atoms with Gasteiger partial charge in [-0.15, -0.1) is 0 Å². The predicted molar refractivity (Wildman–Crippen MR) is 147 cm³/mol. The van der Waals surface area contributed by atoms with Gasteiger partial charge in [-0.3, -0.25) is 4.79 Å². The summed E-state index contributed by atoms with van der Waals surface area (Å²) in [6, 6.07) is 19.5. The molecular weight excluding hydrogens is 486 g/mol. The SMILES string of the molecule is COc1ccc(S(=O)(=O)NC(Cc2ccccc2)C(=O)N2CCN(c3cccc(C)c3C)CC2)cc1C. The average molecular weight is 522 g/mol. The molecule has 7 nitrogen and oxygen atoms in total. The minimum Gasteiger partial charge on any atom is -0.496 e. The lowest BCUT2D eigenvalue weighted by Crippen LogP contribution is -2.55. The van der Waals surface area contributed by atoms with Gasteiger partial charge in [-0.05, 0) is 73.7 Å². The Kier molecular flexibility index (Phi) is 8.19. The van der Waals surface area contributed by atoms with Gasteiger partial charge >= 0.3 is 0 Å². The molecule has 1 aliphatic heterocycles. The number of benzene rings is 3. The molecule has 4 rings (SSSR count). The number of aryl methyl sites for hydroxylation is 2. The Labute approximate surface area is 220 Å². The summed E-state index contributed by atoms with van der Waals surface area (Å²) in [5, 5.41) is 0. The number of rotatable bonds is 8. The maximum absolute atomic E-state index is 13.7. The van der Waals surface area contributed by atoms with E-state index in [2.05, 4.69) is 41.7 Å². The first-order valence-corrected chi connectivity index (χ1v) is 14.0. The first kappa shape index (κ1) is 26.7. The van der Waals surface area contributed by atoms with Gasteiger partial charge in [-0.25, -0.2) is 8.42 Å². The van der Waals surface area contributed by atoms with Crippen molar-refractivity contribution in [3.8, 4) is 5.75 Å². The lowest BCUT2D eigenvalue weighted by atomic mass is 10.0. The molecule has 1 fully saturated rings. The Morgan fingerprint density at radius 2 is 1.62 bits per heavy atom. The number of methoxy groups -OCH3 is 1. The minimum atomic E-state index is -3.94. The van der Waals surface area contributed by atoms with E-state index < -0.39 is 16.1 Å². The highest BCUT2D eigenvalue weighted by molar-refractivity contribution is 7.89. The van der Waals surface area contributed by atoms with Crippen LogP contribution < -0.4 is 14.4 Å². The van der Waals surface area contributed by atoms with Crippen molar-refractivity contribution >= 4 is 21.6 Å². The van der Waals surface area contributed by atoms with Crippen LogP contribution in [-0.4, -0.2) is 58.6 Å². The molecule has 1 aliphatic rings. The fourth-order valence-electron chi connectivity index (χ4n) is 4.77. The van der Waals surface area contributed by atoms with Gasteiger partial charge < -0.3 is 14.5 Å². The van der Waals surface area contributed by atoms with Gasteiger partial charge in [0.05, 0.1) is 12.0 Å². The summed E-state index contributed by atoms with van der Waals surface area (Å²) < 4.78 is 34.7. The van der Waals surface area contributed by atoms with Gasteiger partial charge in [-0.2, -0.15) is 4.72 Å². The highest BCUT2D eigenvalue weighted by Crippen LogP contribution is 2.25. The zero-order chi connectivity index (χ0) is 26.6. The number of anilines is 1. The Balaban J connectivity index is 1.53. The molecule has 1 atom stereocenters. The van der Waals surface area contributed by atoms with Crippen molar-refractivity contribution in [1.82, 2.24) is 9.62 Å². The Bertz CT molecular complexity index is 1350. The molecule has 1 amide bonds. The topological polar surface area (TPSA) is 78.9 Å². The number of ether oxygens (including phenoxy) is 1. The van der Waals surface area contributed by atoms with Gasteiger partial charge in [0, 0.05) is 31.9 Å². The monoisotopic (exact) mass is 521 g/mol. The van der Waals surface area contributed by atoms with E-state index >= 15 is 0 Å². The summed E-state index contributed by atoms with van der Waals surface area (Å²) >= 11 is 0. The summed E-state index contributed by atoms with van der Waals surface area (Å²) in [4.78, 5) is 17.9. The van der Waals surface area contributed by atoms with Crippen LogP contribution in [0, 0.1) is 20.8 Å². The highest BCUT2D eigenvalue weighted by Gasteiger charge is 2.32. The van der Waals surface area contributed by atoms with E-state index in [4.69, 9.17) is 4.74 Å². The lowest BCUT2D eigenvalue weighted by Gasteiger charge is -2.38. The van der Waals surface area contributed by atoms with Gasteiger partial charge in [0.2, 0.25) is 15.9 Å². The van der Waals surface area contributed by atoms with E-state index in [1.54, 1.807) is 31.1 Å². The maximum Gasteiger partial charge on any atom is 0.241 e. The second-order valence-electron chi connectivity index (χ2n) is 9.53. The molecule has 1 heterocycles. The number of carbonyl (C=O) groups is 1.